The molecule has 0 radical (unpaired) electrons. The zero-order chi connectivity index (χ0) is 13.7. The van der Waals surface area contributed by atoms with Crippen LogP contribution in [0.3, 0.4) is 0 Å². The minimum atomic E-state index is 0.303. The fourth-order valence-electron chi connectivity index (χ4n) is 1.56. The second-order valence-corrected chi connectivity index (χ2v) is 5.58. The normalized spacial score (nSPS) is 12.9. The average molecular weight is 317 g/mol. The van der Waals surface area contributed by atoms with E-state index in [9.17, 15) is 0 Å². The highest BCUT2D eigenvalue weighted by Crippen LogP contribution is 2.27. The molecule has 0 aliphatic rings. The van der Waals surface area contributed by atoms with Crippen molar-refractivity contribution >= 4 is 27.6 Å². The molecule has 1 rings (SSSR count). The molecule has 0 aromatic carbocycles. The van der Waals surface area contributed by atoms with E-state index >= 15 is 0 Å². The van der Waals surface area contributed by atoms with Crippen LogP contribution in [0, 0.1) is 5.92 Å². The monoisotopic (exact) mass is 316 g/mol. The average Bonchev–Trinajstić information content (AvgIpc) is 2.30. The quantitative estimate of drug-likeness (QED) is 0.545. The van der Waals surface area contributed by atoms with Crippen LogP contribution in [-0.2, 0) is 0 Å². The lowest BCUT2D eigenvalue weighted by Gasteiger charge is -2.26. The molecule has 6 nitrogen and oxygen atoms in total. The van der Waals surface area contributed by atoms with E-state index in [1.165, 1.54) is 6.33 Å². The Balaban J connectivity index is 2.87. The number of halogens is 1. The van der Waals surface area contributed by atoms with Gasteiger partial charge < -0.3 is 15.6 Å². The topological polar surface area (TPSA) is 79.1 Å². The molecule has 1 aromatic heterocycles. The Hall–Kier alpha value is -0.920. The Morgan fingerprint density at radius 3 is 2.44 bits per heavy atom. The van der Waals surface area contributed by atoms with Crippen LogP contribution >= 0.6 is 15.9 Å². The lowest BCUT2D eigenvalue weighted by molar-refractivity contribution is 0.344. The SMILES string of the molecule is CC(C)C(CN(C)C)Nc1ncnc(NN)c1Br. The summed E-state index contributed by atoms with van der Waals surface area (Å²) in [4.78, 5) is 10.4. The van der Waals surface area contributed by atoms with Crippen molar-refractivity contribution in [1.82, 2.24) is 14.9 Å². The lowest BCUT2D eigenvalue weighted by Crippen LogP contribution is -2.36. The highest BCUT2D eigenvalue weighted by atomic mass is 79.9. The Bertz CT molecular complexity index is 382. The number of nitrogens with one attached hydrogen (secondary N) is 2. The number of hydrogen-bond donors (Lipinski definition) is 3. The van der Waals surface area contributed by atoms with Crippen molar-refractivity contribution in [1.29, 1.82) is 0 Å². The van der Waals surface area contributed by atoms with E-state index in [0.717, 1.165) is 16.8 Å². The first kappa shape index (κ1) is 15.1. The summed E-state index contributed by atoms with van der Waals surface area (Å²) in [6.07, 6.45) is 1.48. The minimum Gasteiger partial charge on any atom is -0.365 e. The van der Waals surface area contributed by atoms with Crippen LogP contribution in [0.1, 0.15) is 13.8 Å². The predicted molar refractivity (Wildman–Crippen MR) is 78.3 cm³/mol. The second kappa shape index (κ2) is 6.86. The van der Waals surface area contributed by atoms with Crippen molar-refractivity contribution in [3.8, 4) is 0 Å². The van der Waals surface area contributed by atoms with Crippen LogP contribution in [0.2, 0.25) is 0 Å². The zero-order valence-electron chi connectivity index (χ0n) is 11.2. The van der Waals surface area contributed by atoms with E-state index in [2.05, 4.69) is 69.5 Å². The van der Waals surface area contributed by atoms with Crippen LogP contribution in [0.25, 0.3) is 0 Å². The molecular formula is C11H21BrN6. The zero-order valence-corrected chi connectivity index (χ0v) is 12.8. The van der Waals surface area contributed by atoms with Gasteiger partial charge in [-0.2, -0.15) is 0 Å². The highest BCUT2D eigenvalue weighted by Gasteiger charge is 2.17. The van der Waals surface area contributed by atoms with Crippen molar-refractivity contribution in [2.75, 3.05) is 31.4 Å². The molecule has 0 amide bonds. The van der Waals surface area contributed by atoms with E-state index in [4.69, 9.17) is 5.84 Å². The van der Waals surface area contributed by atoms with Gasteiger partial charge in [-0.3, -0.25) is 0 Å². The van der Waals surface area contributed by atoms with Gasteiger partial charge in [-0.15, -0.1) is 0 Å². The number of nitrogens with two attached hydrogens (primary N) is 1. The highest BCUT2D eigenvalue weighted by molar-refractivity contribution is 9.10. The Morgan fingerprint density at radius 2 is 1.94 bits per heavy atom. The predicted octanol–water partition coefficient (Wildman–Crippen LogP) is 1.52. The molecule has 0 saturated carbocycles. The molecule has 102 valence electrons. The number of nitrogens with zero attached hydrogens (tertiary/aromatic N) is 3. The van der Waals surface area contributed by atoms with Crippen molar-refractivity contribution in [3.63, 3.8) is 0 Å². The van der Waals surface area contributed by atoms with Gasteiger partial charge in [0.1, 0.15) is 16.6 Å². The Morgan fingerprint density at radius 1 is 1.33 bits per heavy atom. The van der Waals surface area contributed by atoms with Crippen molar-refractivity contribution in [2.24, 2.45) is 11.8 Å². The van der Waals surface area contributed by atoms with Crippen LogP contribution in [0.15, 0.2) is 10.8 Å². The Kier molecular flexibility index (Phi) is 5.77. The number of aromatic nitrogens is 2. The molecule has 4 N–H and O–H groups in total. The number of likely N-dealkylation sites (N-methyl/N-ethyl adjacent to an activating group) is 1. The van der Waals surface area contributed by atoms with Crippen molar-refractivity contribution < 1.29 is 0 Å². The molecule has 7 heteroatoms. The summed E-state index contributed by atoms with van der Waals surface area (Å²) >= 11 is 3.44. The first-order valence-corrected chi connectivity index (χ1v) is 6.63. The van der Waals surface area contributed by atoms with Gasteiger partial charge >= 0.3 is 0 Å². The third-order valence-corrected chi connectivity index (χ3v) is 3.37. The van der Waals surface area contributed by atoms with Gasteiger partial charge in [0, 0.05) is 12.6 Å². The number of nitrogen functional groups attached to an aromatic ring is 1. The molecule has 1 heterocycles. The molecule has 1 unspecified atom stereocenters. The van der Waals surface area contributed by atoms with E-state index in [-0.39, 0.29) is 0 Å². The number of hydrogen-bond acceptors (Lipinski definition) is 6. The van der Waals surface area contributed by atoms with Crippen LogP contribution in [0.4, 0.5) is 11.6 Å². The lowest BCUT2D eigenvalue weighted by atomic mass is 10.0. The van der Waals surface area contributed by atoms with Gasteiger partial charge in [0.15, 0.2) is 5.82 Å². The van der Waals surface area contributed by atoms with Gasteiger partial charge in [0.2, 0.25) is 0 Å². The van der Waals surface area contributed by atoms with Crippen molar-refractivity contribution in [3.05, 3.63) is 10.8 Å². The van der Waals surface area contributed by atoms with E-state index in [0.29, 0.717) is 17.8 Å². The molecule has 0 fully saturated rings. The van der Waals surface area contributed by atoms with Gasteiger partial charge in [-0.05, 0) is 35.9 Å². The third kappa shape index (κ3) is 4.08. The number of anilines is 2. The summed E-state index contributed by atoms with van der Waals surface area (Å²) in [6.45, 7) is 5.29. The van der Waals surface area contributed by atoms with Gasteiger partial charge in [0.25, 0.3) is 0 Å². The van der Waals surface area contributed by atoms with Gasteiger partial charge in [-0.1, -0.05) is 13.8 Å². The first-order chi connectivity index (χ1) is 8.45. The summed E-state index contributed by atoms with van der Waals surface area (Å²) < 4.78 is 0.747. The summed E-state index contributed by atoms with van der Waals surface area (Å²) in [5, 5.41) is 3.42. The van der Waals surface area contributed by atoms with E-state index in [1.807, 2.05) is 0 Å². The summed E-state index contributed by atoms with van der Waals surface area (Å²) in [6, 6.07) is 0.303. The molecular weight excluding hydrogens is 296 g/mol. The van der Waals surface area contributed by atoms with E-state index < -0.39 is 0 Å². The maximum atomic E-state index is 5.38. The van der Waals surface area contributed by atoms with Crippen molar-refractivity contribution in [2.45, 2.75) is 19.9 Å². The molecule has 0 aliphatic heterocycles. The molecule has 0 saturated heterocycles. The number of hydrazine groups is 1. The van der Waals surface area contributed by atoms with Crippen LogP contribution in [-0.4, -0.2) is 41.5 Å². The standard InChI is InChI=1S/C11H21BrN6/c1-7(2)8(5-18(3)4)16-10-9(12)11(17-13)15-6-14-10/h6-8H,5,13H2,1-4H3,(H2,14,15,16,17). The number of rotatable bonds is 6. The van der Waals surface area contributed by atoms with Gasteiger partial charge in [-0.25, -0.2) is 15.8 Å². The Labute approximate surface area is 116 Å². The first-order valence-electron chi connectivity index (χ1n) is 5.84. The van der Waals surface area contributed by atoms with Crippen LogP contribution < -0.4 is 16.6 Å². The molecule has 0 bridgehead atoms. The van der Waals surface area contributed by atoms with Crippen LogP contribution in [0.5, 0.6) is 0 Å². The minimum absolute atomic E-state index is 0.303. The summed E-state index contributed by atoms with van der Waals surface area (Å²) in [5.74, 6) is 7.19. The smallest absolute Gasteiger partial charge is 0.159 e. The van der Waals surface area contributed by atoms with E-state index in [1.54, 1.807) is 0 Å². The molecule has 0 spiro atoms. The van der Waals surface area contributed by atoms with Gasteiger partial charge in [0.05, 0.1) is 0 Å². The fourth-order valence-corrected chi connectivity index (χ4v) is 2.00. The second-order valence-electron chi connectivity index (χ2n) is 4.79. The summed E-state index contributed by atoms with van der Waals surface area (Å²) in [5.41, 5.74) is 2.53. The fraction of sp³-hybridized carbons (Fsp3) is 0.636. The molecule has 0 aliphatic carbocycles. The third-order valence-electron chi connectivity index (χ3n) is 2.61. The maximum absolute atomic E-state index is 5.38. The molecule has 18 heavy (non-hydrogen) atoms. The summed E-state index contributed by atoms with van der Waals surface area (Å²) in [7, 11) is 4.11. The molecule has 1 atom stereocenters. The molecule has 1 aromatic rings. The largest absolute Gasteiger partial charge is 0.365 e. The maximum Gasteiger partial charge on any atom is 0.159 e.